The van der Waals surface area contributed by atoms with E-state index in [9.17, 15) is 9.18 Å². The number of aromatic nitrogens is 2. The summed E-state index contributed by atoms with van der Waals surface area (Å²) in [6.07, 6.45) is 0. The number of nitrogens with zero attached hydrogens (tertiary/aromatic N) is 2. The van der Waals surface area contributed by atoms with Crippen LogP contribution in [0.25, 0.3) is 11.4 Å². The van der Waals surface area contributed by atoms with Crippen molar-refractivity contribution in [1.82, 2.24) is 10.1 Å². The average molecular weight is 418 g/mol. The molecular weight excluding hydrogens is 403 g/mol. The lowest BCUT2D eigenvalue weighted by atomic mass is 10.0. The Morgan fingerprint density at radius 1 is 0.935 bits per heavy atom. The van der Waals surface area contributed by atoms with Crippen LogP contribution in [0.5, 0.6) is 17.2 Å². The zero-order valence-corrected chi connectivity index (χ0v) is 16.1. The quantitative estimate of drug-likeness (QED) is 0.429. The lowest BCUT2D eigenvalue weighted by molar-refractivity contribution is 0.103. The first kappa shape index (κ1) is 18.8. The van der Waals surface area contributed by atoms with Crippen LogP contribution in [-0.2, 0) is 6.61 Å². The first-order valence-electron chi connectivity index (χ1n) is 9.41. The molecule has 1 aliphatic heterocycles. The highest BCUT2D eigenvalue weighted by molar-refractivity contribution is 6.09. The summed E-state index contributed by atoms with van der Waals surface area (Å²) in [5.41, 5.74) is 1.63. The number of ether oxygens (including phenoxy) is 3. The molecule has 0 amide bonds. The average Bonchev–Trinajstić information content (AvgIpc) is 3.47. The maximum absolute atomic E-state index is 13.0. The standard InChI is InChI=1S/C23H15FN2O5/c24-17-6-1-14(2-7-17)22(27)15-3-8-18(9-4-15)28-12-21-25-23(26-31-21)16-5-10-19-20(11-16)30-13-29-19/h1-11H,12-13H2. The van der Waals surface area contributed by atoms with Gasteiger partial charge in [0, 0.05) is 16.7 Å². The van der Waals surface area contributed by atoms with Gasteiger partial charge in [0.1, 0.15) is 11.6 Å². The minimum Gasteiger partial charge on any atom is -0.484 e. The molecule has 4 aromatic rings. The second-order valence-corrected chi connectivity index (χ2v) is 6.73. The fraction of sp³-hybridized carbons (Fsp3) is 0.0870. The third kappa shape index (κ3) is 3.95. The van der Waals surface area contributed by atoms with Gasteiger partial charge in [-0.2, -0.15) is 4.98 Å². The van der Waals surface area contributed by atoms with Crippen LogP contribution in [0, 0.1) is 5.82 Å². The van der Waals surface area contributed by atoms with E-state index in [1.54, 1.807) is 36.4 Å². The third-order valence-corrected chi connectivity index (χ3v) is 4.68. The van der Waals surface area contributed by atoms with Crippen LogP contribution in [-0.4, -0.2) is 22.7 Å². The minimum absolute atomic E-state index is 0.0722. The number of hydrogen-bond acceptors (Lipinski definition) is 7. The van der Waals surface area contributed by atoms with Crippen molar-refractivity contribution in [2.75, 3.05) is 6.79 Å². The smallest absolute Gasteiger partial charge is 0.264 e. The molecule has 31 heavy (non-hydrogen) atoms. The van der Waals surface area contributed by atoms with E-state index >= 15 is 0 Å². The molecule has 0 spiro atoms. The van der Waals surface area contributed by atoms with Gasteiger partial charge in [0.05, 0.1) is 0 Å². The van der Waals surface area contributed by atoms with Crippen molar-refractivity contribution in [3.05, 3.63) is 89.6 Å². The van der Waals surface area contributed by atoms with E-state index in [4.69, 9.17) is 18.7 Å². The Labute approximate surface area is 176 Å². The molecule has 0 saturated heterocycles. The summed E-state index contributed by atoms with van der Waals surface area (Å²) in [6, 6.07) is 17.5. The molecular formula is C23H15FN2O5. The second-order valence-electron chi connectivity index (χ2n) is 6.73. The Morgan fingerprint density at radius 3 is 2.42 bits per heavy atom. The van der Waals surface area contributed by atoms with Gasteiger partial charge in [0.15, 0.2) is 23.9 Å². The molecule has 3 aromatic carbocycles. The number of carbonyl (C=O) groups excluding carboxylic acids is 1. The molecule has 1 aromatic heterocycles. The highest BCUT2D eigenvalue weighted by Gasteiger charge is 2.17. The maximum Gasteiger partial charge on any atom is 0.264 e. The van der Waals surface area contributed by atoms with Crippen LogP contribution in [0.4, 0.5) is 4.39 Å². The molecule has 154 valence electrons. The summed E-state index contributed by atoms with van der Waals surface area (Å²) in [4.78, 5) is 16.8. The van der Waals surface area contributed by atoms with Crippen LogP contribution in [0.1, 0.15) is 21.8 Å². The van der Waals surface area contributed by atoms with Crippen molar-refractivity contribution in [1.29, 1.82) is 0 Å². The van der Waals surface area contributed by atoms with E-state index in [1.165, 1.54) is 24.3 Å². The van der Waals surface area contributed by atoms with Crippen molar-refractivity contribution in [3.63, 3.8) is 0 Å². The van der Waals surface area contributed by atoms with Gasteiger partial charge < -0.3 is 18.7 Å². The van der Waals surface area contributed by atoms with E-state index in [0.717, 1.165) is 5.56 Å². The Bertz CT molecular complexity index is 1240. The van der Waals surface area contributed by atoms with Crippen LogP contribution < -0.4 is 14.2 Å². The van der Waals surface area contributed by atoms with Gasteiger partial charge in [0.25, 0.3) is 5.89 Å². The number of carbonyl (C=O) groups is 1. The third-order valence-electron chi connectivity index (χ3n) is 4.68. The molecule has 0 radical (unpaired) electrons. The zero-order valence-electron chi connectivity index (χ0n) is 16.1. The summed E-state index contributed by atoms with van der Waals surface area (Å²) in [7, 11) is 0. The molecule has 8 heteroatoms. The van der Waals surface area contributed by atoms with Crippen LogP contribution in [0.3, 0.4) is 0 Å². The Balaban J connectivity index is 1.22. The number of rotatable bonds is 6. The molecule has 2 heterocycles. The Morgan fingerprint density at radius 2 is 1.65 bits per heavy atom. The number of hydrogen-bond donors (Lipinski definition) is 0. The molecule has 0 N–H and O–H groups in total. The first-order chi connectivity index (χ1) is 15.2. The van der Waals surface area contributed by atoms with E-state index in [2.05, 4.69) is 10.1 Å². The molecule has 0 aliphatic carbocycles. The fourth-order valence-corrected chi connectivity index (χ4v) is 3.08. The zero-order chi connectivity index (χ0) is 21.2. The Kier molecular flexibility index (Phi) is 4.80. The van der Waals surface area contributed by atoms with E-state index in [1.807, 2.05) is 6.07 Å². The largest absolute Gasteiger partial charge is 0.484 e. The van der Waals surface area contributed by atoms with Gasteiger partial charge in [-0.25, -0.2) is 4.39 Å². The molecule has 7 nitrogen and oxygen atoms in total. The van der Waals surface area contributed by atoms with Crippen LogP contribution in [0.2, 0.25) is 0 Å². The van der Waals surface area contributed by atoms with Crippen molar-refractivity contribution < 1.29 is 27.9 Å². The molecule has 5 rings (SSSR count). The maximum atomic E-state index is 13.0. The van der Waals surface area contributed by atoms with Gasteiger partial charge in [-0.1, -0.05) is 5.16 Å². The first-order valence-corrected chi connectivity index (χ1v) is 9.41. The van der Waals surface area contributed by atoms with Gasteiger partial charge in [-0.3, -0.25) is 4.79 Å². The number of ketones is 1. The van der Waals surface area contributed by atoms with E-state index in [-0.39, 0.29) is 25.0 Å². The van der Waals surface area contributed by atoms with Crippen LogP contribution >= 0.6 is 0 Å². The molecule has 0 bridgehead atoms. The molecule has 0 fully saturated rings. The van der Waals surface area contributed by atoms with Gasteiger partial charge in [-0.05, 0) is 66.7 Å². The number of fused-ring (bicyclic) bond motifs is 1. The van der Waals surface area contributed by atoms with Gasteiger partial charge in [-0.15, -0.1) is 0 Å². The monoisotopic (exact) mass is 418 g/mol. The molecule has 1 aliphatic rings. The van der Waals surface area contributed by atoms with Crippen molar-refractivity contribution in [2.45, 2.75) is 6.61 Å². The lowest BCUT2D eigenvalue weighted by Crippen LogP contribution is -2.01. The predicted molar refractivity (Wildman–Crippen MR) is 106 cm³/mol. The van der Waals surface area contributed by atoms with Crippen LogP contribution in [0.15, 0.2) is 71.3 Å². The minimum atomic E-state index is -0.386. The second kappa shape index (κ2) is 7.91. The highest BCUT2D eigenvalue weighted by Crippen LogP contribution is 2.35. The summed E-state index contributed by atoms with van der Waals surface area (Å²) in [5.74, 6) is 1.99. The molecule has 0 unspecified atom stereocenters. The summed E-state index contributed by atoms with van der Waals surface area (Å²) < 4.78 is 34.6. The summed E-state index contributed by atoms with van der Waals surface area (Å²) >= 11 is 0. The summed E-state index contributed by atoms with van der Waals surface area (Å²) in [5, 5.41) is 3.97. The SMILES string of the molecule is O=C(c1ccc(F)cc1)c1ccc(OCc2nc(-c3ccc4c(c3)OCO4)no2)cc1. The Hall–Kier alpha value is -4.20. The molecule has 0 saturated carbocycles. The fourth-order valence-electron chi connectivity index (χ4n) is 3.08. The van der Waals surface area contributed by atoms with Crippen molar-refractivity contribution >= 4 is 5.78 Å². The van der Waals surface area contributed by atoms with E-state index < -0.39 is 0 Å². The highest BCUT2D eigenvalue weighted by atomic mass is 19.1. The van der Waals surface area contributed by atoms with Crippen molar-refractivity contribution in [2.24, 2.45) is 0 Å². The topological polar surface area (TPSA) is 83.7 Å². The van der Waals surface area contributed by atoms with Gasteiger partial charge in [0.2, 0.25) is 12.6 Å². The summed E-state index contributed by atoms with van der Waals surface area (Å²) in [6.45, 7) is 0.265. The number of benzene rings is 3. The van der Waals surface area contributed by atoms with Crippen molar-refractivity contribution in [3.8, 4) is 28.6 Å². The lowest BCUT2D eigenvalue weighted by Gasteiger charge is -2.05. The molecule has 0 atom stereocenters. The van der Waals surface area contributed by atoms with Gasteiger partial charge >= 0.3 is 0 Å². The number of halogens is 1. The normalized spacial score (nSPS) is 12.0. The van der Waals surface area contributed by atoms with E-state index in [0.29, 0.717) is 40.1 Å². The predicted octanol–water partition coefficient (Wildman–Crippen LogP) is 4.41.